The highest BCUT2D eigenvalue weighted by atomic mass is 35.5. The number of nitrogens with one attached hydrogen (secondary N) is 1. The molecule has 1 saturated heterocycles. The lowest BCUT2D eigenvalue weighted by molar-refractivity contribution is 0.0636. The number of anilines is 2. The molecule has 30 heavy (non-hydrogen) atoms. The number of fused-ring (bicyclic) bond motifs is 1. The highest BCUT2D eigenvalue weighted by Gasteiger charge is 2.27. The Kier molecular flexibility index (Phi) is 6.78. The average Bonchev–Trinajstić information content (AvgIpc) is 2.70. The fourth-order valence-electron chi connectivity index (χ4n) is 3.74. The van der Waals surface area contributed by atoms with Crippen molar-refractivity contribution >= 4 is 52.3 Å². The maximum absolute atomic E-state index is 13.6. The predicted octanol–water partition coefficient (Wildman–Crippen LogP) is 5.91. The van der Waals surface area contributed by atoms with Gasteiger partial charge in [-0.25, -0.2) is 14.4 Å². The predicted molar refractivity (Wildman–Crippen MR) is 121 cm³/mol. The molecule has 1 unspecified atom stereocenters. The van der Waals surface area contributed by atoms with Crippen molar-refractivity contribution in [1.29, 1.82) is 0 Å². The Labute approximate surface area is 186 Å². The number of hydrogen-bond donors (Lipinski definition) is 1. The van der Waals surface area contributed by atoms with Crippen molar-refractivity contribution in [3.63, 3.8) is 0 Å². The summed E-state index contributed by atoms with van der Waals surface area (Å²) in [5.41, 5.74) is 3.05. The van der Waals surface area contributed by atoms with Crippen molar-refractivity contribution in [3.8, 4) is 0 Å². The molecule has 0 bridgehead atoms. The van der Waals surface area contributed by atoms with E-state index in [0.717, 1.165) is 36.9 Å². The Morgan fingerprint density at radius 3 is 2.80 bits per heavy atom. The van der Waals surface area contributed by atoms with Crippen LogP contribution in [0.25, 0.3) is 11.0 Å². The largest absolute Gasteiger partial charge is 0.354 e. The van der Waals surface area contributed by atoms with E-state index in [1.165, 1.54) is 12.1 Å². The van der Waals surface area contributed by atoms with Crippen molar-refractivity contribution in [2.24, 2.45) is 0 Å². The van der Waals surface area contributed by atoms with E-state index in [-0.39, 0.29) is 29.4 Å². The first-order chi connectivity index (χ1) is 13.9. The third kappa shape index (κ3) is 4.35. The van der Waals surface area contributed by atoms with Gasteiger partial charge < -0.3 is 10.2 Å². The first-order valence-electron chi connectivity index (χ1n) is 9.73. The summed E-state index contributed by atoms with van der Waals surface area (Å²) >= 11 is 5.95. The second kappa shape index (κ2) is 9.14. The number of carbonyl (C=O) groups is 1. The number of benzene rings is 1. The van der Waals surface area contributed by atoms with Crippen LogP contribution in [-0.4, -0.2) is 33.4 Å². The number of piperidine rings is 1. The molecule has 1 atom stereocenters. The Bertz CT molecular complexity index is 1090. The second-order valence-corrected chi connectivity index (χ2v) is 7.88. The molecule has 5 nitrogen and oxygen atoms in total. The van der Waals surface area contributed by atoms with E-state index in [9.17, 15) is 9.18 Å². The molecule has 4 rings (SSSR count). The number of carbonyl (C=O) groups excluding carboxylic acids is 1. The fourth-order valence-corrected chi connectivity index (χ4v) is 3.92. The maximum atomic E-state index is 13.6. The quantitative estimate of drug-likeness (QED) is 0.540. The minimum absolute atomic E-state index is 0. The van der Waals surface area contributed by atoms with Crippen molar-refractivity contribution < 1.29 is 9.18 Å². The minimum atomic E-state index is -0.493. The number of hydrogen-bond acceptors (Lipinski definition) is 4. The molecule has 1 aromatic carbocycles. The SMILES string of the molecule is Cc1ccc2c(Nc3ccc(F)c(Cl)c3)c(C(=O)N3CCCCC3C)cnc2n1.Cl. The fraction of sp³-hybridized carbons (Fsp3) is 0.318. The Morgan fingerprint density at radius 1 is 1.27 bits per heavy atom. The van der Waals surface area contributed by atoms with Crippen LogP contribution in [0.5, 0.6) is 0 Å². The number of halogens is 3. The number of aryl methyl sites for hydroxylation is 1. The second-order valence-electron chi connectivity index (χ2n) is 7.47. The van der Waals surface area contributed by atoms with Crippen LogP contribution in [0.3, 0.4) is 0 Å². The zero-order valence-corrected chi connectivity index (χ0v) is 18.4. The number of likely N-dealkylation sites (tertiary alicyclic amines) is 1. The van der Waals surface area contributed by atoms with E-state index >= 15 is 0 Å². The molecule has 3 heterocycles. The third-order valence-corrected chi connectivity index (χ3v) is 5.64. The average molecular weight is 449 g/mol. The molecule has 158 valence electrons. The Hall–Kier alpha value is -2.44. The summed E-state index contributed by atoms with van der Waals surface area (Å²) in [6.45, 7) is 4.69. The highest BCUT2D eigenvalue weighted by molar-refractivity contribution is 6.31. The van der Waals surface area contributed by atoms with Gasteiger partial charge in [-0.2, -0.15) is 0 Å². The zero-order valence-electron chi connectivity index (χ0n) is 16.8. The third-order valence-electron chi connectivity index (χ3n) is 5.35. The highest BCUT2D eigenvalue weighted by Crippen LogP contribution is 2.32. The molecule has 0 spiro atoms. The van der Waals surface area contributed by atoms with Gasteiger partial charge >= 0.3 is 0 Å². The first-order valence-corrected chi connectivity index (χ1v) is 10.1. The van der Waals surface area contributed by atoms with Crippen LogP contribution in [0.4, 0.5) is 15.8 Å². The molecule has 1 fully saturated rings. The summed E-state index contributed by atoms with van der Waals surface area (Å²) in [7, 11) is 0. The number of nitrogens with zero attached hydrogens (tertiary/aromatic N) is 3. The first kappa shape index (κ1) is 22.2. The van der Waals surface area contributed by atoms with Crippen LogP contribution in [0.15, 0.2) is 36.5 Å². The van der Waals surface area contributed by atoms with Gasteiger partial charge in [0.1, 0.15) is 5.82 Å². The van der Waals surface area contributed by atoms with Gasteiger partial charge in [-0.15, -0.1) is 12.4 Å². The van der Waals surface area contributed by atoms with Crippen molar-refractivity contribution in [2.75, 3.05) is 11.9 Å². The van der Waals surface area contributed by atoms with E-state index < -0.39 is 5.82 Å². The molecule has 8 heteroatoms. The van der Waals surface area contributed by atoms with Crippen molar-refractivity contribution in [1.82, 2.24) is 14.9 Å². The summed E-state index contributed by atoms with van der Waals surface area (Å²) in [4.78, 5) is 24.2. The van der Waals surface area contributed by atoms with E-state index in [1.54, 1.807) is 12.3 Å². The normalized spacial score (nSPS) is 16.3. The van der Waals surface area contributed by atoms with Crippen LogP contribution in [0.2, 0.25) is 5.02 Å². The standard InChI is InChI=1S/C22H22ClFN4O.ClH/c1-13-6-8-16-20(27-15-7-9-19(24)18(23)11-15)17(12-25-21(16)26-13)22(29)28-10-4-3-5-14(28)2;/h6-9,11-12,14H,3-5,10H2,1-2H3,(H,25,26,27);1H. The number of pyridine rings is 2. The summed E-state index contributed by atoms with van der Waals surface area (Å²) in [5.74, 6) is -0.560. The molecular formula is C22H23Cl2FN4O. The lowest BCUT2D eigenvalue weighted by Gasteiger charge is -2.34. The number of aromatic nitrogens is 2. The van der Waals surface area contributed by atoms with E-state index in [2.05, 4.69) is 22.2 Å². The van der Waals surface area contributed by atoms with Gasteiger partial charge in [-0.1, -0.05) is 11.6 Å². The van der Waals surface area contributed by atoms with Crippen LogP contribution in [0.1, 0.15) is 42.2 Å². The summed E-state index contributed by atoms with van der Waals surface area (Å²) in [5, 5.41) is 4.00. The van der Waals surface area contributed by atoms with E-state index in [4.69, 9.17) is 11.6 Å². The zero-order chi connectivity index (χ0) is 20.5. The smallest absolute Gasteiger partial charge is 0.257 e. The van der Waals surface area contributed by atoms with Gasteiger partial charge in [0.05, 0.1) is 16.3 Å². The van der Waals surface area contributed by atoms with Gasteiger partial charge in [0.2, 0.25) is 0 Å². The van der Waals surface area contributed by atoms with Gasteiger partial charge in [0.25, 0.3) is 5.91 Å². The summed E-state index contributed by atoms with van der Waals surface area (Å²) in [6, 6.07) is 8.34. The van der Waals surface area contributed by atoms with Gasteiger partial charge in [0, 0.05) is 35.6 Å². The van der Waals surface area contributed by atoms with Crippen LogP contribution in [-0.2, 0) is 0 Å². The molecule has 0 radical (unpaired) electrons. The molecule has 1 aliphatic rings. The topological polar surface area (TPSA) is 58.1 Å². The molecule has 2 aromatic heterocycles. The Morgan fingerprint density at radius 2 is 2.07 bits per heavy atom. The van der Waals surface area contributed by atoms with E-state index in [1.807, 2.05) is 24.0 Å². The molecule has 3 aromatic rings. The van der Waals surface area contributed by atoms with Crippen LogP contribution in [0, 0.1) is 12.7 Å². The molecular weight excluding hydrogens is 426 g/mol. The number of rotatable bonds is 3. The Balaban J connectivity index is 0.00000256. The monoisotopic (exact) mass is 448 g/mol. The lowest BCUT2D eigenvalue weighted by atomic mass is 10.0. The molecule has 1 N–H and O–H groups in total. The molecule has 0 aliphatic carbocycles. The minimum Gasteiger partial charge on any atom is -0.354 e. The molecule has 1 aliphatic heterocycles. The van der Waals surface area contributed by atoms with Gasteiger partial charge in [-0.05, 0) is 63.4 Å². The van der Waals surface area contributed by atoms with Gasteiger partial charge in [0.15, 0.2) is 5.65 Å². The van der Waals surface area contributed by atoms with E-state index in [0.29, 0.717) is 22.6 Å². The lowest BCUT2D eigenvalue weighted by Crippen LogP contribution is -2.42. The maximum Gasteiger partial charge on any atom is 0.257 e. The summed E-state index contributed by atoms with van der Waals surface area (Å²) < 4.78 is 13.6. The number of amides is 1. The van der Waals surface area contributed by atoms with Crippen LogP contribution < -0.4 is 5.32 Å². The molecule has 0 saturated carbocycles. The summed E-state index contributed by atoms with van der Waals surface area (Å²) in [6.07, 6.45) is 4.69. The molecule has 1 amide bonds. The van der Waals surface area contributed by atoms with Crippen LogP contribution >= 0.6 is 24.0 Å². The van der Waals surface area contributed by atoms with Gasteiger partial charge in [-0.3, -0.25) is 4.79 Å². The van der Waals surface area contributed by atoms with Crippen molar-refractivity contribution in [2.45, 2.75) is 39.2 Å². The van der Waals surface area contributed by atoms with Crippen molar-refractivity contribution in [3.05, 3.63) is 58.6 Å².